The van der Waals surface area contributed by atoms with Crippen molar-refractivity contribution in [3.8, 4) is 0 Å². The van der Waals surface area contributed by atoms with Gasteiger partial charge in [0.1, 0.15) is 5.69 Å². The number of ketones is 1. The highest BCUT2D eigenvalue weighted by molar-refractivity contribution is 9.10. The third-order valence-electron chi connectivity index (χ3n) is 3.37. The van der Waals surface area contributed by atoms with Crippen LogP contribution in [0.25, 0.3) is 10.8 Å². The molecule has 0 aliphatic heterocycles. The van der Waals surface area contributed by atoms with E-state index in [9.17, 15) is 4.79 Å². The minimum absolute atomic E-state index is 0.0222. The van der Waals surface area contributed by atoms with Crippen LogP contribution >= 0.6 is 31.9 Å². The molecule has 3 aromatic rings. The Bertz CT molecular complexity index is 839. The van der Waals surface area contributed by atoms with Gasteiger partial charge >= 0.3 is 0 Å². The largest absolute Gasteiger partial charge is 0.287 e. The van der Waals surface area contributed by atoms with Crippen LogP contribution in [0.5, 0.6) is 0 Å². The smallest absolute Gasteiger partial charge is 0.212 e. The second-order valence-electron chi connectivity index (χ2n) is 4.69. The van der Waals surface area contributed by atoms with E-state index in [2.05, 4.69) is 37.0 Å². The van der Waals surface area contributed by atoms with Crippen LogP contribution in [0.3, 0.4) is 0 Å². The van der Waals surface area contributed by atoms with Gasteiger partial charge in [0.25, 0.3) is 0 Å². The predicted octanol–water partition coefficient (Wildman–Crippen LogP) is 4.81. The van der Waals surface area contributed by atoms with E-state index in [-0.39, 0.29) is 5.78 Å². The average Bonchev–Trinajstić information content (AvgIpc) is 2.86. The van der Waals surface area contributed by atoms with Crippen LogP contribution in [0.4, 0.5) is 0 Å². The van der Waals surface area contributed by atoms with Gasteiger partial charge in [-0.3, -0.25) is 9.48 Å². The molecule has 0 bridgehead atoms. The average molecular weight is 408 g/mol. The maximum Gasteiger partial charge on any atom is 0.212 e. The number of nitrogens with zero attached hydrogens (tertiary/aromatic N) is 2. The SMILES string of the molecule is CCn1ncc(Br)c1C(=O)c1ccc2cc(Br)ccc2c1. The maximum atomic E-state index is 12.7. The Morgan fingerprint density at radius 3 is 2.62 bits per heavy atom. The van der Waals surface area contributed by atoms with Crippen molar-refractivity contribution in [2.75, 3.05) is 0 Å². The zero-order valence-electron chi connectivity index (χ0n) is 11.3. The van der Waals surface area contributed by atoms with Gasteiger partial charge in [-0.25, -0.2) is 0 Å². The summed E-state index contributed by atoms with van der Waals surface area (Å²) < 4.78 is 3.46. The number of aromatic nitrogens is 2. The quantitative estimate of drug-likeness (QED) is 0.583. The molecule has 0 fully saturated rings. The van der Waals surface area contributed by atoms with Crippen LogP contribution in [0.15, 0.2) is 51.5 Å². The van der Waals surface area contributed by atoms with Gasteiger partial charge < -0.3 is 0 Å². The van der Waals surface area contributed by atoms with Crippen molar-refractivity contribution in [3.63, 3.8) is 0 Å². The molecule has 0 saturated heterocycles. The highest BCUT2D eigenvalue weighted by atomic mass is 79.9. The summed E-state index contributed by atoms with van der Waals surface area (Å²) in [5, 5.41) is 6.34. The number of hydrogen-bond donors (Lipinski definition) is 0. The number of benzene rings is 2. The minimum Gasteiger partial charge on any atom is -0.287 e. The molecular weight excluding hydrogens is 396 g/mol. The van der Waals surface area contributed by atoms with E-state index < -0.39 is 0 Å². The standard InChI is InChI=1S/C16H12Br2N2O/c1-2-20-15(14(18)9-19-20)16(21)12-4-3-11-8-13(17)6-5-10(11)7-12/h3-9H,2H2,1H3. The zero-order chi connectivity index (χ0) is 15.0. The van der Waals surface area contributed by atoms with Gasteiger partial charge in [-0.05, 0) is 51.8 Å². The monoisotopic (exact) mass is 406 g/mol. The number of hydrogen-bond acceptors (Lipinski definition) is 2. The van der Waals surface area contributed by atoms with Crippen LogP contribution in [0.1, 0.15) is 23.0 Å². The Balaban J connectivity index is 2.09. The Kier molecular flexibility index (Phi) is 3.95. The first-order valence-electron chi connectivity index (χ1n) is 6.55. The lowest BCUT2D eigenvalue weighted by Crippen LogP contribution is -2.11. The van der Waals surface area contributed by atoms with Crippen LogP contribution in [0, 0.1) is 0 Å². The number of rotatable bonds is 3. The Labute approximate surface area is 139 Å². The summed E-state index contributed by atoms with van der Waals surface area (Å²) in [6.45, 7) is 2.63. The number of carbonyl (C=O) groups excluding carboxylic acids is 1. The van der Waals surface area contributed by atoms with Crippen molar-refractivity contribution in [2.24, 2.45) is 0 Å². The van der Waals surface area contributed by atoms with E-state index in [1.807, 2.05) is 43.3 Å². The fourth-order valence-electron chi connectivity index (χ4n) is 2.32. The van der Waals surface area contributed by atoms with E-state index in [1.165, 1.54) is 0 Å². The molecule has 0 N–H and O–H groups in total. The van der Waals surface area contributed by atoms with Gasteiger partial charge in [-0.1, -0.05) is 34.1 Å². The van der Waals surface area contributed by atoms with E-state index in [0.717, 1.165) is 19.7 Å². The van der Waals surface area contributed by atoms with Gasteiger partial charge in [-0.15, -0.1) is 0 Å². The number of carbonyl (C=O) groups is 1. The van der Waals surface area contributed by atoms with E-state index in [0.29, 0.717) is 17.8 Å². The zero-order valence-corrected chi connectivity index (χ0v) is 14.5. The highest BCUT2D eigenvalue weighted by Gasteiger charge is 2.18. The first-order chi connectivity index (χ1) is 10.1. The molecule has 3 rings (SSSR count). The van der Waals surface area contributed by atoms with Crippen molar-refractivity contribution < 1.29 is 4.79 Å². The molecule has 5 heteroatoms. The summed E-state index contributed by atoms with van der Waals surface area (Å²) >= 11 is 6.86. The van der Waals surface area contributed by atoms with Gasteiger partial charge in [0.15, 0.2) is 0 Å². The molecule has 0 aliphatic carbocycles. The van der Waals surface area contributed by atoms with Crippen molar-refractivity contribution in [2.45, 2.75) is 13.5 Å². The molecule has 2 aromatic carbocycles. The van der Waals surface area contributed by atoms with Crippen LogP contribution in [0.2, 0.25) is 0 Å². The first-order valence-corrected chi connectivity index (χ1v) is 8.14. The molecule has 0 atom stereocenters. The van der Waals surface area contributed by atoms with Crippen molar-refractivity contribution >= 4 is 48.4 Å². The molecular formula is C16H12Br2N2O. The van der Waals surface area contributed by atoms with Gasteiger partial charge in [0, 0.05) is 16.6 Å². The predicted molar refractivity (Wildman–Crippen MR) is 90.7 cm³/mol. The van der Waals surface area contributed by atoms with Crippen LogP contribution < -0.4 is 0 Å². The minimum atomic E-state index is -0.0222. The molecule has 0 aliphatic rings. The summed E-state index contributed by atoms with van der Waals surface area (Å²) in [5.74, 6) is -0.0222. The van der Waals surface area contributed by atoms with E-state index >= 15 is 0 Å². The number of halogens is 2. The molecule has 0 saturated carbocycles. The summed E-state index contributed by atoms with van der Waals surface area (Å²) in [5.41, 5.74) is 1.26. The number of aryl methyl sites for hydroxylation is 1. The van der Waals surface area contributed by atoms with Crippen molar-refractivity contribution in [1.29, 1.82) is 0 Å². The maximum absolute atomic E-state index is 12.7. The number of fused-ring (bicyclic) bond motifs is 1. The van der Waals surface area contributed by atoms with Gasteiger partial charge in [0.2, 0.25) is 5.78 Å². The van der Waals surface area contributed by atoms with Crippen LogP contribution in [-0.2, 0) is 6.54 Å². The Morgan fingerprint density at radius 1 is 1.14 bits per heavy atom. The lowest BCUT2D eigenvalue weighted by atomic mass is 10.0. The van der Waals surface area contributed by atoms with Crippen molar-refractivity contribution in [3.05, 3.63) is 62.8 Å². The summed E-state index contributed by atoms with van der Waals surface area (Å²) in [6, 6.07) is 11.8. The Hall–Kier alpha value is -1.46. The molecule has 21 heavy (non-hydrogen) atoms. The normalized spacial score (nSPS) is 11.0. The second kappa shape index (κ2) is 5.73. The van der Waals surface area contributed by atoms with Gasteiger partial charge in [0.05, 0.1) is 10.7 Å². The van der Waals surface area contributed by atoms with E-state index in [1.54, 1.807) is 10.9 Å². The fourth-order valence-corrected chi connectivity index (χ4v) is 3.18. The summed E-state index contributed by atoms with van der Waals surface area (Å²) in [7, 11) is 0. The second-order valence-corrected chi connectivity index (χ2v) is 6.46. The molecule has 1 heterocycles. The third-order valence-corrected chi connectivity index (χ3v) is 4.45. The molecule has 0 radical (unpaired) electrons. The Morgan fingerprint density at radius 2 is 1.86 bits per heavy atom. The van der Waals surface area contributed by atoms with Crippen LogP contribution in [-0.4, -0.2) is 15.6 Å². The highest BCUT2D eigenvalue weighted by Crippen LogP contribution is 2.24. The topological polar surface area (TPSA) is 34.9 Å². The molecule has 106 valence electrons. The third kappa shape index (κ3) is 2.68. The fraction of sp³-hybridized carbons (Fsp3) is 0.125. The lowest BCUT2D eigenvalue weighted by molar-refractivity contribution is 0.102. The van der Waals surface area contributed by atoms with E-state index in [4.69, 9.17) is 0 Å². The van der Waals surface area contributed by atoms with Crippen molar-refractivity contribution in [1.82, 2.24) is 9.78 Å². The molecule has 3 nitrogen and oxygen atoms in total. The molecule has 0 unspecified atom stereocenters. The van der Waals surface area contributed by atoms with Gasteiger partial charge in [-0.2, -0.15) is 5.10 Å². The summed E-state index contributed by atoms with van der Waals surface area (Å²) in [6.07, 6.45) is 1.66. The first kappa shape index (κ1) is 14.5. The lowest BCUT2D eigenvalue weighted by Gasteiger charge is -2.06. The molecule has 0 amide bonds. The molecule has 0 spiro atoms. The summed E-state index contributed by atoms with van der Waals surface area (Å²) in [4.78, 5) is 12.7. The molecule has 1 aromatic heterocycles.